The molecule has 1 heterocycles. The first-order chi connectivity index (χ1) is 13.0. The topological polar surface area (TPSA) is 67.8 Å². The molecule has 5 nitrogen and oxygen atoms in total. The number of para-hydroxylation sites is 1. The predicted molar refractivity (Wildman–Crippen MR) is 107 cm³/mol. The van der Waals surface area contributed by atoms with E-state index in [4.69, 9.17) is 9.47 Å². The Balaban J connectivity index is 1.89. The van der Waals surface area contributed by atoms with Gasteiger partial charge in [0.1, 0.15) is 0 Å². The van der Waals surface area contributed by atoms with Crippen LogP contribution in [0.2, 0.25) is 0 Å². The summed E-state index contributed by atoms with van der Waals surface area (Å²) < 4.78 is 11.9. The number of carboxylic acid groups (broad SMARTS) is 1. The highest BCUT2D eigenvalue weighted by Crippen LogP contribution is 2.53. The van der Waals surface area contributed by atoms with Gasteiger partial charge in [0.25, 0.3) is 0 Å². The molecule has 2 aliphatic rings. The molecule has 27 heavy (non-hydrogen) atoms. The first kappa shape index (κ1) is 17.9. The molecule has 2 aromatic rings. The van der Waals surface area contributed by atoms with Gasteiger partial charge in [0.05, 0.1) is 31.5 Å². The lowest BCUT2D eigenvalue weighted by Gasteiger charge is -2.38. The number of nitrogens with one attached hydrogen (secondary N) is 1. The minimum atomic E-state index is -0.947. The Morgan fingerprint density at radius 3 is 2.74 bits per heavy atom. The smallest absolute Gasteiger partial charge is 0.337 e. The maximum Gasteiger partial charge on any atom is 0.337 e. The summed E-state index contributed by atoms with van der Waals surface area (Å²) in [5.74, 6) is 0.823. The van der Waals surface area contributed by atoms with Crippen LogP contribution in [0, 0.1) is 5.92 Å². The monoisotopic (exact) mass is 429 g/mol. The molecule has 3 atom stereocenters. The number of hydrogen-bond donors (Lipinski definition) is 2. The first-order valence-corrected chi connectivity index (χ1v) is 9.55. The van der Waals surface area contributed by atoms with Gasteiger partial charge in [0.2, 0.25) is 0 Å². The van der Waals surface area contributed by atoms with E-state index in [1.165, 1.54) is 0 Å². The van der Waals surface area contributed by atoms with Crippen LogP contribution in [0.15, 0.2) is 47.0 Å². The van der Waals surface area contributed by atoms with Gasteiger partial charge in [-0.3, -0.25) is 0 Å². The molecule has 0 radical (unpaired) electrons. The molecule has 2 N–H and O–H groups in total. The zero-order valence-corrected chi connectivity index (χ0v) is 16.6. The normalized spacial score (nSPS) is 22.6. The van der Waals surface area contributed by atoms with Crippen molar-refractivity contribution in [3.63, 3.8) is 0 Å². The number of halogens is 1. The van der Waals surface area contributed by atoms with E-state index in [0.717, 1.165) is 22.0 Å². The zero-order chi connectivity index (χ0) is 19.1. The van der Waals surface area contributed by atoms with Crippen molar-refractivity contribution >= 4 is 27.6 Å². The second-order valence-corrected chi connectivity index (χ2v) is 7.70. The summed E-state index contributed by atoms with van der Waals surface area (Å²) >= 11 is 3.46. The number of benzene rings is 2. The molecule has 0 spiro atoms. The van der Waals surface area contributed by atoms with Crippen LogP contribution < -0.4 is 14.8 Å². The van der Waals surface area contributed by atoms with Crippen LogP contribution in [0.4, 0.5) is 5.69 Å². The lowest BCUT2D eigenvalue weighted by molar-refractivity contribution is 0.0697. The number of fused-ring (bicyclic) bond motifs is 3. The maximum atomic E-state index is 11.9. The van der Waals surface area contributed by atoms with Gasteiger partial charge in [0.15, 0.2) is 11.5 Å². The van der Waals surface area contributed by atoms with Crippen molar-refractivity contribution in [2.45, 2.75) is 18.4 Å². The highest BCUT2D eigenvalue weighted by atomic mass is 79.9. The third-order valence-corrected chi connectivity index (χ3v) is 5.89. The summed E-state index contributed by atoms with van der Waals surface area (Å²) in [5, 5.41) is 13.2. The fraction of sp³-hybridized carbons (Fsp3) is 0.286. The van der Waals surface area contributed by atoms with E-state index >= 15 is 0 Å². The van der Waals surface area contributed by atoms with E-state index in [9.17, 15) is 9.90 Å². The first-order valence-electron chi connectivity index (χ1n) is 8.76. The van der Waals surface area contributed by atoms with Crippen LogP contribution in [0.25, 0.3) is 0 Å². The molecule has 0 amide bonds. The average Bonchev–Trinajstić information content (AvgIpc) is 3.16. The molecular weight excluding hydrogens is 410 g/mol. The molecule has 0 aromatic heterocycles. The van der Waals surface area contributed by atoms with Crippen molar-refractivity contribution in [2.75, 3.05) is 19.5 Å². The van der Waals surface area contributed by atoms with Crippen molar-refractivity contribution in [2.24, 2.45) is 5.92 Å². The Morgan fingerprint density at radius 1 is 1.22 bits per heavy atom. The lowest BCUT2D eigenvalue weighted by atomic mass is 9.76. The standard InChI is InChI=1S/C21H20BrNO4/c1-26-17-8-4-7-14(20(17)27-2)18-13-6-3-5-12(13)15-9-11(22)10-16(21(24)25)19(15)23-18/h3-5,7-10,12-13,18,23H,6H2,1-2H3,(H,24,25)/t12-,13-,18+/m0/s1. The Bertz CT molecular complexity index is 940. The number of rotatable bonds is 4. The molecule has 1 aliphatic carbocycles. The molecule has 6 heteroatoms. The number of carboxylic acids is 1. The minimum Gasteiger partial charge on any atom is -0.493 e. The van der Waals surface area contributed by atoms with E-state index in [1.54, 1.807) is 20.3 Å². The Morgan fingerprint density at radius 2 is 2.04 bits per heavy atom. The van der Waals surface area contributed by atoms with Gasteiger partial charge in [0, 0.05) is 16.0 Å². The van der Waals surface area contributed by atoms with Gasteiger partial charge in [-0.05, 0) is 36.1 Å². The molecule has 2 aromatic carbocycles. The third-order valence-electron chi connectivity index (χ3n) is 5.43. The Hall–Kier alpha value is -2.47. The van der Waals surface area contributed by atoms with Crippen LogP contribution in [0.3, 0.4) is 0 Å². The molecule has 4 rings (SSSR count). The molecule has 0 bridgehead atoms. The van der Waals surface area contributed by atoms with Crippen molar-refractivity contribution in [1.29, 1.82) is 0 Å². The summed E-state index contributed by atoms with van der Waals surface area (Å²) in [6.45, 7) is 0. The highest BCUT2D eigenvalue weighted by molar-refractivity contribution is 9.10. The summed E-state index contributed by atoms with van der Waals surface area (Å²) in [6.07, 6.45) is 5.27. The Kier molecular flexibility index (Phi) is 4.60. The van der Waals surface area contributed by atoms with Gasteiger partial charge >= 0.3 is 5.97 Å². The van der Waals surface area contributed by atoms with Crippen molar-refractivity contribution in [1.82, 2.24) is 0 Å². The van der Waals surface area contributed by atoms with E-state index in [-0.39, 0.29) is 23.4 Å². The molecule has 0 saturated heterocycles. The van der Waals surface area contributed by atoms with Crippen LogP contribution in [-0.2, 0) is 0 Å². The van der Waals surface area contributed by atoms with E-state index in [1.807, 2.05) is 24.3 Å². The fourth-order valence-corrected chi connectivity index (χ4v) is 4.77. The highest BCUT2D eigenvalue weighted by Gasteiger charge is 2.41. The average molecular weight is 430 g/mol. The van der Waals surface area contributed by atoms with Gasteiger partial charge in [-0.15, -0.1) is 0 Å². The van der Waals surface area contributed by atoms with E-state index in [2.05, 4.69) is 33.4 Å². The van der Waals surface area contributed by atoms with E-state index < -0.39 is 5.97 Å². The SMILES string of the molecule is COc1cccc([C@@H]2Nc3c(C(=O)O)cc(Br)cc3[C@H]3C=CC[C@@H]32)c1OC. The van der Waals surface area contributed by atoms with E-state index in [0.29, 0.717) is 17.2 Å². The zero-order valence-electron chi connectivity index (χ0n) is 15.0. The minimum absolute atomic E-state index is 0.0816. The summed E-state index contributed by atoms with van der Waals surface area (Å²) in [6, 6.07) is 9.39. The molecular formula is C21H20BrNO4. The van der Waals surface area contributed by atoms with Gasteiger partial charge in [-0.2, -0.15) is 0 Å². The number of anilines is 1. The van der Waals surface area contributed by atoms with Gasteiger partial charge < -0.3 is 19.9 Å². The number of ether oxygens (including phenoxy) is 2. The van der Waals surface area contributed by atoms with Gasteiger partial charge in [-0.25, -0.2) is 4.79 Å². The van der Waals surface area contributed by atoms with Crippen molar-refractivity contribution in [3.8, 4) is 11.5 Å². The van der Waals surface area contributed by atoms with Crippen molar-refractivity contribution in [3.05, 3.63) is 63.6 Å². The van der Waals surface area contributed by atoms with Gasteiger partial charge in [-0.1, -0.05) is 40.2 Å². The number of methoxy groups -OCH3 is 2. The molecule has 1 aliphatic heterocycles. The fourth-order valence-electron chi connectivity index (χ4n) is 4.30. The molecule has 140 valence electrons. The molecule has 0 fully saturated rings. The second kappa shape index (κ2) is 6.93. The number of carbonyl (C=O) groups is 1. The number of allylic oxidation sites excluding steroid dienone is 2. The van der Waals surface area contributed by atoms with Crippen LogP contribution in [-0.4, -0.2) is 25.3 Å². The maximum absolute atomic E-state index is 11.9. The molecule has 0 saturated carbocycles. The predicted octanol–water partition coefficient (Wildman–Crippen LogP) is 4.99. The summed E-state index contributed by atoms with van der Waals surface area (Å²) in [4.78, 5) is 11.9. The van der Waals surface area contributed by atoms with Crippen LogP contribution in [0.5, 0.6) is 11.5 Å². The second-order valence-electron chi connectivity index (χ2n) is 6.78. The number of hydrogen-bond acceptors (Lipinski definition) is 4. The Labute approximate surface area is 166 Å². The quantitative estimate of drug-likeness (QED) is 0.669. The van der Waals surface area contributed by atoms with Crippen molar-refractivity contribution < 1.29 is 19.4 Å². The summed E-state index contributed by atoms with van der Waals surface area (Å²) in [5.41, 5.74) is 2.93. The van der Waals surface area contributed by atoms with Crippen LogP contribution >= 0.6 is 15.9 Å². The van der Waals surface area contributed by atoms with Crippen LogP contribution in [0.1, 0.15) is 39.9 Å². The molecule has 0 unspecified atom stereocenters. The largest absolute Gasteiger partial charge is 0.493 e. The number of aromatic carboxylic acids is 1. The lowest BCUT2D eigenvalue weighted by Crippen LogP contribution is -2.30. The summed E-state index contributed by atoms with van der Waals surface area (Å²) in [7, 11) is 3.24. The third kappa shape index (κ3) is 2.88.